The molecule has 17 nitrogen and oxygen atoms in total. The van der Waals surface area contributed by atoms with Crippen molar-refractivity contribution >= 4 is 39.5 Å². The molecule has 0 fully saturated rings. The normalized spacial score (nSPS) is 14.8. The molecule has 7 atom stereocenters. The van der Waals surface area contributed by atoms with Crippen LogP contribution in [0.4, 0.5) is 0 Å². The van der Waals surface area contributed by atoms with Crippen molar-refractivity contribution in [3.8, 4) is 0 Å². The highest BCUT2D eigenvalue weighted by Crippen LogP contribution is 2.45. The highest BCUT2D eigenvalue weighted by molar-refractivity contribution is 7.47. The van der Waals surface area contributed by atoms with Crippen LogP contribution in [0.1, 0.15) is 376 Å². The van der Waals surface area contributed by atoms with Crippen molar-refractivity contribution in [1.82, 2.24) is 0 Å². The number of ether oxygens (including phenoxy) is 4. The largest absolute Gasteiger partial charge is 0.472 e. The summed E-state index contributed by atoms with van der Waals surface area (Å²) in [7, 11) is -9.93. The second-order valence-corrected chi connectivity index (χ2v) is 31.3. The Kier molecular flexibility index (Phi) is 66.3. The molecular formula is C78H148O17P2. The Labute approximate surface area is 592 Å². The molecule has 0 rings (SSSR count). The van der Waals surface area contributed by atoms with Gasteiger partial charge in [0.25, 0.3) is 0 Å². The lowest BCUT2D eigenvalue weighted by Crippen LogP contribution is -2.30. The van der Waals surface area contributed by atoms with Gasteiger partial charge in [-0.25, -0.2) is 9.13 Å². The average molecular weight is 1420 g/mol. The summed E-state index contributed by atoms with van der Waals surface area (Å²) in [6, 6.07) is 0. The maximum atomic E-state index is 13.1. The number of esters is 4. The van der Waals surface area contributed by atoms with Crippen molar-refractivity contribution < 1.29 is 80.2 Å². The Hall–Kier alpha value is -2.46. The summed E-state index contributed by atoms with van der Waals surface area (Å²) in [5.41, 5.74) is 0. The van der Waals surface area contributed by atoms with Gasteiger partial charge in [0.1, 0.15) is 19.3 Å². The number of unbranched alkanes of at least 4 members (excludes halogenated alkanes) is 37. The van der Waals surface area contributed by atoms with Crippen LogP contribution in [0.2, 0.25) is 0 Å². The molecule has 0 amide bonds. The van der Waals surface area contributed by atoms with E-state index in [1.54, 1.807) is 0 Å². The minimum Gasteiger partial charge on any atom is -0.462 e. The minimum atomic E-state index is -4.97. The monoisotopic (exact) mass is 1420 g/mol. The van der Waals surface area contributed by atoms with E-state index >= 15 is 0 Å². The number of allylic oxidation sites excluding steroid dienone is 4. The first-order chi connectivity index (χ1) is 46.8. The number of aliphatic hydroxyl groups excluding tert-OH is 1. The molecule has 19 heteroatoms. The van der Waals surface area contributed by atoms with Crippen LogP contribution in [0.5, 0.6) is 0 Å². The van der Waals surface area contributed by atoms with Crippen molar-refractivity contribution in [2.45, 2.75) is 394 Å². The summed E-state index contributed by atoms with van der Waals surface area (Å²) in [5.74, 6) is 0.188. The van der Waals surface area contributed by atoms with E-state index < -0.39 is 97.5 Å². The molecule has 0 spiro atoms. The Bertz CT molecular complexity index is 1990. The number of phosphoric acid groups is 2. The zero-order valence-corrected chi connectivity index (χ0v) is 64.8. The highest BCUT2D eigenvalue weighted by atomic mass is 31.2. The molecule has 4 unspecified atom stereocenters. The molecule has 0 aromatic heterocycles. The lowest BCUT2D eigenvalue weighted by molar-refractivity contribution is -0.161. The fourth-order valence-corrected chi connectivity index (χ4v) is 12.9. The van der Waals surface area contributed by atoms with Crippen LogP contribution in [0.25, 0.3) is 0 Å². The Balaban J connectivity index is 5.28. The van der Waals surface area contributed by atoms with Gasteiger partial charge < -0.3 is 33.8 Å². The molecule has 0 bridgehead atoms. The van der Waals surface area contributed by atoms with E-state index in [0.717, 1.165) is 127 Å². The van der Waals surface area contributed by atoms with Crippen molar-refractivity contribution in [2.24, 2.45) is 17.8 Å². The van der Waals surface area contributed by atoms with Gasteiger partial charge in [-0.05, 0) is 69.1 Å². The molecule has 0 saturated carbocycles. The number of carbonyl (C=O) groups is 4. The summed E-state index contributed by atoms with van der Waals surface area (Å²) >= 11 is 0. The van der Waals surface area contributed by atoms with Gasteiger partial charge in [0, 0.05) is 25.7 Å². The summed E-state index contributed by atoms with van der Waals surface area (Å²) in [6.07, 6.45) is 57.6. The fraction of sp³-hybridized carbons (Fsp3) is 0.897. The standard InChI is InChI=1S/C78H148O17P2/c1-8-11-12-13-14-15-16-17-19-24-27-33-38-47-54-61-77(82)94-73(65-88-75(80)59-52-45-37-32-26-23-21-18-20-22-25-30-35-42-49-56-69(4)5)67-92-96(84,85)90-63-72(79)64-91-97(86,87)93-68-74(66-89-76(81)60-53-46-41-40-44-51-58-71(7)10-3)95-78(83)62-55-48-39-34-29-28-31-36-43-50-57-70(6)9-2/h15-17,19,69-74,79H,8-14,18,20-68H2,1-7H3,(H,84,85)(H,86,87)/b16-15-,19-17-/t70?,71?,72-,73-,74-/m1/s1. The number of hydrogen-bond donors (Lipinski definition) is 3. The summed E-state index contributed by atoms with van der Waals surface area (Å²) < 4.78 is 68.5. The van der Waals surface area contributed by atoms with Crippen LogP contribution in [0, 0.1) is 17.8 Å². The molecule has 97 heavy (non-hydrogen) atoms. The van der Waals surface area contributed by atoms with Crippen LogP contribution in [0.3, 0.4) is 0 Å². The van der Waals surface area contributed by atoms with E-state index in [9.17, 15) is 43.2 Å². The Morgan fingerprint density at radius 3 is 0.918 bits per heavy atom. The average Bonchev–Trinajstić information content (AvgIpc) is 2.07. The summed E-state index contributed by atoms with van der Waals surface area (Å²) in [5, 5.41) is 10.6. The lowest BCUT2D eigenvalue weighted by Gasteiger charge is -2.21. The second-order valence-electron chi connectivity index (χ2n) is 28.4. The third-order valence-corrected chi connectivity index (χ3v) is 20.1. The van der Waals surface area contributed by atoms with Gasteiger partial charge >= 0.3 is 39.5 Å². The maximum absolute atomic E-state index is 13.1. The maximum Gasteiger partial charge on any atom is 0.472 e. The molecule has 0 aliphatic rings. The third kappa shape index (κ3) is 69.1. The van der Waals surface area contributed by atoms with Crippen molar-refractivity contribution in [3.05, 3.63) is 24.3 Å². The Morgan fingerprint density at radius 2 is 0.608 bits per heavy atom. The third-order valence-electron chi connectivity index (χ3n) is 18.2. The van der Waals surface area contributed by atoms with Crippen LogP contribution in [0.15, 0.2) is 24.3 Å². The lowest BCUT2D eigenvalue weighted by atomic mass is 9.99. The number of phosphoric ester groups is 2. The van der Waals surface area contributed by atoms with Crippen molar-refractivity contribution in [3.63, 3.8) is 0 Å². The van der Waals surface area contributed by atoms with Gasteiger partial charge in [0.15, 0.2) is 12.2 Å². The fourth-order valence-electron chi connectivity index (χ4n) is 11.4. The van der Waals surface area contributed by atoms with E-state index in [4.69, 9.17) is 37.0 Å². The topological polar surface area (TPSA) is 237 Å². The van der Waals surface area contributed by atoms with Gasteiger partial charge in [-0.15, -0.1) is 0 Å². The molecule has 0 aromatic rings. The summed E-state index contributed by atoms with van der Waals surface area (Å²) in [6.45, 7) is 11.9. The van der Waals surface area contributed by atoms with E-state index in [-0.39, 0.29) is 25.7 Å². The quantitative estimate of drug-likeness (QED) is 0.0169. The van der Waals surface area contributed by atoms with Gasteiger partial charge in [-0.2, -0.15) is 0 Å². The van der Waals surface area contributed by atoms with E-state index in [2.05, 4.69) is 72.8 Å². The SMILES string of the molecule is CCCCCC/C=C\C=C/CCCCCCCC(=O)O[C@H](COC(=O)CCCCCCCCCCCCCCCCCC(C)C)COP(=O)(O)OC[C@@H](O)COP(=O)(O)OC[C@@H](COC(=O)CCCCCCCCC(C)CC)OC(=O)CCCCCCCCCCCCC(C)CC. The van der Waals surface area contributed by atoms with Gasteiger partial charge in [0.2, 0.25) is 0 Å². The molecular weight excluding hydrogens is 1270 g/mol. The van der Waals surface area contributed by atoms with Gasteiger partial charge in [-0.1, -0.05) is 323 Å². The predicted molar refractivity (Wildman–Crippen MR) is 395 cm³/mol. The molecule has 0 aromatic carbocycles. The Morgan fingerprint density at radius 1 is 0.340 bits per heavy atom. The van der Waals surface area contributed by atoms with Gasteiger partial charge in [0.05, 0.1) is 26.4 Å². The van der Waals surface area contributed by atoms with E-state index in [1.165, 1.54) is 167 Å². The highest BCUT2D eigenvalue weighted by Gasteiger charge is 2.30. The van der Waals surface area contributed by atoms with Crippen LogP contribution >= 0.6 is 15.6 Å². The van der Waals surface area contributed by atoms with Crippen LogP contribution < -0.4 is 0 Å². The zero-order chi connectivity index (χ0) is 71.6. The molecule has 0 heterocycles. The molecule has 3 N–H and O–H groups in total. The smallest absolute Gasteiger partial charge is 0.462 e. The number of hydrogen-bond acceptors (Lipinski definition) is 15. The zero-order valence-electron chi connectivity index (χ0n) is 63.0. The predicted octanol–water partition coefficient (Wildman–Crippen LogP) is 22.5. The van der Waals surface area contributed by atoms with Crippen molar-refractivity contribution in [2.75, 3.05) is 39.6 Å². The second kappa shape index (κ2) is 68.0. The molecule has 0 aliphatic heterocycles. The van der Waals surface area contributed by atoms with Crippen molar-refractivity contribution in [1.29, 1.82) is 0 Å². The molecule has 0 radical (unpaired) electrons. The summed E-state index contributed by atoms with van der Waals surface area (Å²) in [4.78, 5) is 72.9. The number of carbonyl (C=O) groups excluding carboxylic acids is 4. The van der Waals surface area contributed by atoms with Crippen LogP contribution in [-0.4, -0.2) is 96.7 Å². The van der Waals surface area contributed by atoms with E-state index in [0.29, 0.717) is 25.7 Å². The number of aliphatic hydroxyl groups is 1. The van der Waals surface area contributed by atoms with Gasteiger partial charge in [-0.3, -0.25) is 37.3 Å². The first-order valence-electron chi connectivity index (χ1n) is 39.7. The molecule has 0 saturated heterocycles. The molecule has 0 aliphatic carbocycles. The first kappa shape index (κ1) is 94.5. The van der Waals surface area contributed by atoms with Crippen LogP contribution in [-0.2, 0) is 65.4 Å². The number of rotatable bonds is 74. The molecule has 572 valence electrons. The van der Waals surface area contributed by atoms with E-state index in [1.807, 2.05) is 0 Å². The minimum absolute atomic E-state index is 0.0849. The first-order valence-corrected chi connectivity index (χ1v) is 42.7.